The fourth-order valence-electron chi connectivity index (χ4n) is 3.17. The number of ether oxygens (including phenoxy) is 1. The minimum absolute atomic E-state index is 0.0722. The van der Waals surface area contributed by atoms with Crippen LogP contribution in [0.3, 0.4) is 0 Å². The van der Waals surface area contributed by atoms with E-state index in [4.69, 9.17) is 4.74 Å². The summed E-state index contributed by atoms with van der Waals surface area (Å²) < 4.78 is 6.62. The number of para-hydroxylation sites is 1. The van der Waals surface area contributed by atoms with E-state index in [9.17, 15) is 14.7 Å². The highest BCUT2D eigenvalue weighted by Gasteiger charge is 2.44. The number of carboxylic acid groups (broad SMARTS) is 1. The van der Waals surface area contributed by atoms with E-state index in [1.807, 2.05) is 30.3 Å². The molecule has 1 aromatic heterocycles. The van der Waals surface area contributed by atoms with Crippen LogP contribution < -0.4 is 0 Å². The Morgan fingerprint density at radius 2 is 2.08 bits per heavy atom. The van der Waals surface area contributed by atoms with Gasteiger partial charge in [0.25, 0.3) is 5.91 Å². The Bertz CT molecular complexity index is 757. The lowest BCUT2D eigenvalue weighted by Crippen LogP contribution is -2.52. The van der Waals surface area contributed by atoms with Crippen molar-refractivity contribution in [2.24, 2.45) is 5.41 Å². The van der Waals surface area contributed by atoms with Crippen molar-refractivity contribution in [1.29, 1.82) is 0 Å². The van der Waals surface area contributed by atoms with Crippen LogP contribution in [-0.4, -0.2) is 63.7 Å². The Hall–Kier alpha value is -2.74. The second-order valence-electron chi connectivity index (χ2n) is 6.23. The molecule has 1 aliphatic heterocycles. The lowest BCUT2D eigenvalue weighted by molar-refractivity contribution is -0.155. The second-order valence-corrected chi connectivity index (χ2v) is 6.23. The van der Waals surface area contributed by atoms with Crippen molar-refractivity contribution in [3.63, 3.8) is 0 Å². The SMILES string of the molecule is COCC1(C(=O)O)CCCN(C(=O)c2cn(-c3ccccc3)nn2)C1. The van der Waals surface area contributed by atoms with Gasteiger partial charge in [-0.25, -0.2) is 4.68 Å². The van der Waals surface area contributed by atoms with E-state index in [-0.39, 0.29) is 24.8 Å². The molecule has 3 rings (SSSR count). The number of piperidine rings is 1. The molecule has 1 N–H and O–H groups in total. The number of carboxylic acids is 1. The molecule has 0 radical (unpaired) electrons. The molecule has 1 atom stereocenters. The van der Waals surface area contributed by atoms with Crippen LogP contribution in [0, 0.1) is 5.41 Å². The maximum absolute atomic E-state index is 12.7. The molecule has 0 aliphatic carbocycles. The zero-order valence-electron chi connectivity index (χ0n) is 14.0. The first-order valence-electron chi connectivity index (χ1n) is 8.05. The zero-order valence-corrected chi connectivity index (χ0v) is 14.0. The maximum atomic E-state index is 12.7. The first-order valence-corrected chi connectivity index (χ1v) is 8.05. The molecule has 1 saturated heterocycles. The van der Waals surface area contributed by atoms with Gasteiger partial charge in [-0.2, -0.15) is 0 Å². The predicted octanol–water partition coefficient (Wildman–Crippen LogP) is 1.22. The lowest BCUT2D eigenvalue weighted by Gasteiger charge is -2.39. The summed E-state index contributed by atoms with van der Waals surface area (Å²) in [6, 6.07) is 9.35. The largest absolute Gasteiger partial charge is 0.481 e. The third-order valence-electron chi connectivity index (χ3n) is 4.47. The number of nitrogens with zero attached hydrogens (tertiary/aromatic N) is 4. The second kappa shape index (κ2) is 7.02. The van der Waals surface area contributed by atoms with Crippen LogP contribution in [0.15, 0.2) is 36.5 Å². The van der Waals surface area contributed by atoms with Crippen molar-refractivity contribution in [1.82, 2.24) is 19.9 Å². The fraction of sp³-hybridized carbons (Fsp3) is 0.412. The first-order chi connectivity index (χ1) is 12.1. The third kappa shape index (κ3) is 3.39. The standard InChI is InChI=1S/C17H20N4O4/c1-25-12-17(16(23)24)8-5-9-20(11-17)15(22)14-10-21(19-18-14)13-6-3-2-4-7-13/h2-4,6-7,10H,5,8-9,11-12H2,1H3,(H,23,24). The normalized spacial score (nSPS) is 20.4. The lowest BCUT2D eigenvalue weighted by atomic mass is 9.80. The molecule has 2 heterocycles. The topological polar surface area (TPSA) is 97.6 Å². The zero-order chi connectivity index (χ0) is 17.9. The van der Waals surface area contributed by atoms with Crippen molar-refractivity contribution >= 4 is 11.9 Å². The van der Waals surface area contributed by atoms with Crippen molar-refractivity contribution in [3.05, 3.63) is 42.2 Å². The van der Waals surface area contributed by atoms with Crippen LogP contribution in [0.4, 0.5) is 0 Å². The number of aromatic nitrogens is 3. The van der Waals surface area contributed by atoms with Gasteiger partial charge in [0.1, 0.15) is 5.41 Å². The van der Waals surface area contributed by atoms with Crippen LogP contribution in [-0.2, 0) is 9.53 Å². The molecule has 1 aromatic carbocycles. The van der Waals surface area contributed by atoms with Gasteiger partial charge in [-0.15, -0.1) is 5.10 Å². The van der Waals surface area contributed by atoms with E-state index >= 15 is 0 Å². The number of aliphatic carboxylic acids is 1. The maximum Gasteiger partial charge on any atom is 0.313 e. The summed E-state index contributed by atoms with van der Waals surface area (Å²) in [6.07, 6.45) is 2.65. The molecule has 0 spiro atoms. The number of benzene rings is 1. The number of likely N-dealkylation sites (tertiary alicyclic amines) is 1. The number of carbonyl (C=O) groups excluding carboxylic acids is 1. The molecule has 1 unspecified atom stereocenters. The first kappa shape index (κ1) is 17.1. The van der Waals surface area contributed by atoms with Gasteiger partial charge in [-0.1, -0.05) is 23.4 Å². The number of carbonyl (C=O) groups is 2. The Kier molecular flexibility index (Phi) is 4.80. The minimum Gasteiger partial charge on any atom is -0.481 e. The van der Waals surface area contributed by atoms with Gasteiger partial charge in [0.05, 0.1) is 18.5 Å². The predicted molar refractivity (Wildman–Crippen MR) is 88.4 cm³/mol. The summed E-state index contributed by atoms with van der Waals surface area (Å²) in [6.45, 7) is 0.672. The van der Waals surface area contributed by atoms with E-state index in [0.29, 0.717) is 19.4 Å². The van der Waals surface area contributed by atoms with Gasteiger partial charge in [0.2, 0.25) is 0 Å². The molecular weight excluding hydrogens is 324 g/mol. The average molecular weight is 344 g/mol. The van der Waals surface area contributed by atoms with E-state index in [1.54, 1.807) is 6.20 Å². The quantitative estimate of drug-likeness (QED) is 0.876. The number of amides is 1. The summed E-state index contributed by atoms with van der Waals surface area (Å²) in [5.74, 6) is -1.26. The number of rotatable bonds is 5. The molecular formula is C17H20N4O4. The molecule has 132 valence electrons. The van der Waals surface area contributed by atoms with Crippen LogP contribution in [0.1, 0.15) is 23.3 Å². The summed E-state index contributed by atoms with van der Waals surface area (Å²) in [4.78, 5) is 26.0. The minimum atomic E-state index is -1.07. The Balaban J connectivity index is 1.79. The summed E-state index contributed by atoms with van der Waals surface area (Å²) in [5.41, 5.74) is -0.0765. The van der Waals surface area contributed by atoms with Gasteiger partial charge >= 0.3 is 5.97 Å². The van der Waals surface area contributed by atoms with Crippen molar-refractivity contribution in [2.75, 3.05) is 26.8 Å². The number of hydrogen-bond acceptors (Lipinski definition) is 5. The molecule has 8 nitrogen and oxygen atoms in total. The molecule has 2 aromatic rings. The number of methoxy groups -OCH3 is 1. The molecule has 1 fully saturated rings. The van der Waals surface area contributed by atoms with Crippen LogP contribution in [0.5, 0.6) is 0 Å². The van der Waals surface area contributed by atoms with Gasteiger partial charge in [0.15, 0.2) is 5.69 Å². The molecule has 8 heteroatoms. The molecule has 0 saturated carbocycles. The smallest absolute Gasteiger partial charge is 0.313 e. The average Bonchev–Trinajstić information content (AvgIpc) is 3.12. The highest BCUT2D eigenvalue weighted by Crippen LogP contribution is 2.31. The molecule has 0 bridgehead atoms. The van der Waals surface area contributed by atoms with E-state index < -0.39 is 11.4 Å². The summed E-state index contributed by atoms with van der Waals surface area (Å²) >= 11 is 0. The van der Waals surface area contributed by atoms with Crippen LogP contribution in [0.2, 0.25) is 0 Å². The fourth-order valence-corrected chi connectivity index (χ4v) is 3.17. The Morgan fingerprint density at radius 1 is 1.32 bits per heavy atom. The third-order valence-corrected chi connectivity index (χ3v) is 4.47. The van der Waals surface area contributed by atoms with Crippen molar-refractivity contribution in [3.8, 4) is 5.69 Å². The van der Waals surface area contributed by atoms with E-state index in [1.165, 1.54) is 16.7 Å². The van der Waals surface area contributed by atoms with Gasteiger partial charge in [-0.3, -0.25) is 9.59 Å². The summed E-state index contributed by atoms with van der Waals surface area (Å²) in [7, 11) is 1.47. The molecule has 25 heavy (non-hydrogen) atoms. The Labute approximate surface area is 145 Å². The van der Waals surface area contributed by atoms with E-state index in [2.05, 4.69) is 10.3 Å². The van der Waals surface area contributed by atoms with E-state index in [0.717, 1.165) is 5.69 Å². The van der Waals surface area contributed by atoms with Crippen molar-refractivity contribution in [2.45, 2.75) is 12.8 Å². The Morgan fingerprint density at radius 3 is 2.76 bits per heavy atom. The van der Waals surface area contributed by atoms with Gasteiger partial charge < -0.3 is 14.7 Å². The van der Waals surface area contributed by atoms with Crippen LogP contribution in [0.25, 0.3) is 5.69 Å². The molecule has 1 amide bonds. The monoisotopic (exact) mass is 344 g/mol. The highest BCUT2D eigenvalue weighted by molar-refractivity contribution is 5.92. The summed E-state index contributed by atoms with van der Waals surface area (Å²) in [5, 5.41) is 17.5. The number of hydrogen-bond donors (Lipinski definition) is 1. The highest BCUT2D eigenvalue weighted by atomic mass is 16.5. The van der Waals surface area contributed by atoms with Gasteiger partial charge in [0, 0.05) is 20.2 Å². The van der Waals surface area contributed by atoms with Gasteiger partial charge in [-0.05, 0) is 25.0 Å². The van der Waals surface area contributed by atoms with Crippen LogP contribution >= 0.6 is 0 Å². The van der Waals surface area contributed by atoms with Crippen molar-refractivity contribution < 1.29 is 19.4 Å². The molecule has 1 aliphatic rings.